The second-order valence-electron chi connectivity index (χ2n) is 0.439. The van der Waals surface area contributed by atoms with Crippen molar-refractivity contribution in [1.82, 2.24) is 0 Å². The van der Waals surface area contributed by atoms with Gasteiger partial charge in [-0.25, -0.2) is 0 Å². The fraction of sp³-hybridized carbons (Fsp3) is 0. The highest BCUT2D eigenvalue weighted by Gasteiger charge is 1.87. The molecule has 0 aromatic rings. The van der Waals surface area contributed by atoms with Gasteiger partial charge in [-0.15, -0.1) is 0 Å². The third-order valence-corrected chi connectivity index (χ3v) is 8.59. The first-order chi connectivity index (χ1) is 3.91. The molecule has 0 aliphatic heterocycles. The Kier molecular flexibility index (Phi) is 11.5. The second-order valence-corrected chi connectivity index (χ2v) is 8.85. The van der Waals surface area contributed by atoms with Crippen molar-refractivity contribution in [1.29, 1.82) is 0 Å². The Balaban J connectivity index is 2.53. The SMILES string of the molecule is [C]SSSSSS[C]. The number of hydrogen-bond acceptors (Lipinski definition) is 6. The largest absolute Gasteiger partial charge is 0.0826 e. The lowest BCUT2D eigenvalue weighted by Crippen LogP contribution is -1.28. The molecule has 0 atom stereocenters. The van der Waals surface area contributed by atoms with Crippen molar-refractivity contribution in [2.24, 2.45) is 0 Å². The van der Waals surface area contributed by atoms with Crippen LogP contribution in [0.1, 0.15) is 0 Å². The summed E-state index contributed by atoms with van der Waals surface area (Å²) >= 11 is 0. The average Bonchev–Trinajstić information content (AvgIpc) is 1.81. The summed E-state index contributed by atoms with van der Waals surface area (Å²) in [5.41, 5.74) is 0. The zero-order valence-corrected chi connectivity index (χ0v) is 8.35. The zero-order chi connectivity index (χ0) is 6.24. The van der Waals surface area contributed by atoms with E-state index in [9.17, 15) is 0 Å². The summed E-state index contributed by atoms with van der Waals surface area (Å²) in [7, 11) is 7.76. The van der Waals surface area contributed by atoms with Crippen LogP contribution in [0.4, 0.5) is 0 Å². The fourth-order valence-electron chi connectivity index (χ4n) is 0.0505. The first-order valence-electron chi connectivity index (χ1n) is 1.24. The van der Waals surface area contributed by atoms with Crippen molar-refractivity contribution in [2.75, 3.05) is 0 Å². The summed E-state index contributed by atoms with van der Waals surface area (Å²) in [5.74, 6) is 0. The van der Waals surface area contributed by atoms with Gasteiger partial charge in [-0.05, 0) is 39.3 Å². The van der Waals surface area contributed by atoms with Crippen molar-refractivity contribution in [2.45, 2.75) is 0 Å². The van der Waals surface area contributed by atoms with E-state index in [0.717, 1.165) is 21.6 Å². The molecule has 0 amide bonds. The first-order valence-corrected chi connectivity index (χ1v) is 8.72. The maximum atomic E-state index is 6.62. The van der Waals surface area contributed by atoms with Crippen LogP contribution >= 0.6 is 60.9 Å². The highest BCUT2D eigenvalue weighted by molar-refractivity contribution is 9.42. The Hall–Kier alpha value is 2.10. The molecule has 0 saturated heterocycles. The van der Waals surface area contributed by atoms with Crippen LogP contribution < -0.4 is 0 Å². The van der Waals surface area contributed by atoms with Gasteiger partial charge in [-0.3, -0.25) is 0 Å². The van der Waals surface area contributed by atoms with Crippen molar-refractivity contribution in [3.05, 3.63) is 12.5 Å². The molecule has 0 aliphatic carbocycles. The van der Waals surface area contributed by atoms with Crippen molar-refractivity contribution in [3.63, 3.8) is 0 Å². The minimum Gasteiger partial charge on any atom is -0.0700 e. The molecule has 6 heteroatoms. The third kappa shape index (κ3) is 8.10. The molecule has 0 bridgehead atoms. The topological polar surface area (TPSA) is 0 Å². The van der Waals surface area contributed by atoms with E-state index in [2.05, 4.69) is 0 Å². The van der Waals surface area contributed by atoms with Gasteiger partial charge >= 0.3 is 0 Å². The molecule has 8 heavy (non-hydrogen) atoms. The van der Waals surface area contributed by atoms with Gasteiger partial charge in [0, 0.05) is 0 Å². The molecule has 0 aromatic carbocycles. The van der Waals surface area contributed by atoms with Crippen LogP contribution in [0.5, 0.6) is 0 Å². The highest BCUT2D eigenvalue weighted by Crippen LogP contribution is 2.51. The van der Waals surface area contributed by atoms with Crippen LogP contribution in [0.2, 0.25) is 0 Å². The Morgan fingerprint density at radius 2 is 1.00 bits per heavy atom. The molecule has 0 nitrogen and oxygen atoms in total. The molecule has 0 N–H and O–H groups in total. The maximum Gasteiger partial charge on any atom is 0.0826 e. The first kappa shape index (κ1) is 10.1. The Morgan fingerprint density at radius 3 is 1.25 bits per heavy atom. The monoisotopic (exact) mass is 216 g/mol. The smallest absolute Gasteiger partial charge is 0.0700 e. The molecule has 0 fully saturated rings. The Bertz CT molecular complexity index is 31.5. The lowest BCUT2D eigenvalue weighted by atomic mass is 12.0. The predicted octanol–water partition coefficient (Wildman–Crippen LogP) is 4.05. The standard InChI is InChI=1S/C2S6/c1-3-5-7-8-6-4-2. The molecule has 0 aromatic heterocycles. The van der Waals surface area contributed by atoms with E-state index in [1.807, 2.05) is 0 Å². The molecule has 0 aliphatic rings. The third-order valence-electron chi connectivity index (χ3n) is 0.151. The van der Waals surface area contributed by atoms with Gasteiger partial charge in [-0.2, -0.15) is 0 Å². The van der Waals surface area contributed by atoms with Gasteiger partial charge < -0.3 is 0 Å². The number of hydrogen-bond donors (Lipinski definition) is 0. The van der Waals surface area contributed by atoms with E-state index in [1.165, 1.54) is 39.3 Å². The summed E-state index contributed by atoms with van der Waals surface area (Å²) in [6.45, 7) is 0. The van der Waals surface area contributed by atoms with Crippen LogP contribution in [-0.4, -0.2) is 0 Å². The summed E-state index contributed by atoms with van der Waals surface area (Å²) < 4.78 is 0. The highest BCUT2D eigenvalue weighted by atomic mass is 33.9. The average molecular weight is 216 g/mol. The molecular weight excluding hydrogens is 216 g/mol. The van der Waals surface area contributed by atoms with Crippen LogP contribution in [0.15, 0.2) is 0 Å². The number of rotatable bonds is 5. The molecule has 0 unspecified atom stereocenters. The lowest BCUT2D eigenvalue weighted by Gasteiger charge is -1.89. The molecule has 44 valence electrons. The minimum atomic E-state index is 0.977. The second kappa shape index (κ2) is 9.10. The summed E-state index contributed by atoms with van der Waals surface area (Å²) in [6.07, 6.45) is 13.2. The molecule has 0 saturated carbocycles. The fourth-order valence-corrected chi connectivity index (χ4v) is 7.76. The van der Waals surface area contributed by atoms with E-state index >= 15 is 0 Å². The van der Waals surface area contributed by atoms with Crippen LogP contribution in [-0.2, 0) is 0 Å². The van der Waals surface area contributed by atoms with E-state index in [1.54, 1.807) is 0 Å². The van der Waals surface area contributed by atoms with Crippen LogP contribution in [0.3, 0.4) is 0 Å². The van der Waals surface area contributed by atoms with Crippen LogP contribution in [0.25, 0.3) is 0 Å². The van der Waals surface area contributed by atoms with Gasteiger partial charge in [0.25, 0.3) is 0 Å². The molecule has 0 rings (SSSR count). The molecular formula is C2S6. The Morgan fingerprint density at radius 1 is 0.625 bits per heavy atom. The molecule has 0 spiro atoms. The molecule has 6 radical (unpaired) electrons. The van der Waals surface area contributed by atoms with Crippen LogP contribution in [0, 0.1) is 12.5 Å². The summed E-state index contributed by atoms with van der Waals surface area (Å²) in [4.78, 5) is 0. The Labute approximate surface area is 72.8 Å². The molecule has 0 heterocycles. The zero-order valence-electron chi connectivity index (χ0n) is 3.45. The van der Waals surface area contributed by atoms with E-state index in [0.29, 0.717) is 0 Å². The van der Waals surface area contributed by atoms with Crippen molar-refractivity contribution < 1.29 is 0 Å². The van der Waals surface area contributed by atoms with Gasteiger partial charge in [0.1, 0.15) is 0 Å². The predicted molar refractivity (Wildman–Crippen MR) is 52.0 cm³/mol. The van der Waals surface area contributed by atoms with E-state index in [-0.39, 0.29) is 0 Å². The van der Waals surface area contributed by atoms with Gasteiger partial charge in [-0.1, -0.05) is 21.6 Å². The van der Waals surface area contributed by atoms with E-state index < -0.39 is 0 Å². The normalized spacial score (nSPS) is 9.75. The minimum absolute atomic E-state index is 0.977. The lowest BCUT2D eigenvalue weighted by molar-refractivity contribution is 3.01. The summed E-state index contributed by atoms with van der Waals surface area (Å²) in [5, 5.41) is 0. The van der Waals surface area contributed by atoms with Gasteiger partial charge in [0.15, 0.2) is 0 Å². The van der Waals surface area contributed by atoms with Gasteiger partial charge in [0.2, 0.25) is 0 Å². The quantitative estimate of drug-likeness (QED) is 0.498. The summed E-state index contributed by atoms with van der Waals surface area (Å²) in [6, 6.07) is 0. The van der Waals surface area contributed by atoms with E-state index in [4.69, 9.17) is 12.5 Å². The maximum absolute atomic E-state index is 6.62. The van der Waals surface area contributed by atoms with Crippen molar-refractivity contribution in [3.8, 4) is 0 Å². The van der Waals surface area contributed by atoms with Crippen molar-refractivity contribution >= 4 is 60.9 Å². The van der Waals surface area contributed by atoms with Gasteiger partial charge in [0.05, 0.1) is 12.5 Å².